The van der Waals surface area contributed by atoms with Crippen LogP contribution in [0.4, 0.5) is 0 Å². The molecule has 0 radical (unpaired) electrons. The van der Waals surface area contributed by atoms with Crippen molar-refractivity contribution in [1.29, 1.82) is 0 Å². The quantitative estimate of drug-likeness (QED) is 0.0363. The van der Waals surface area contributed by atoms with E-state index in [9.17, 15) is 142 Å². The molecule has 0 bridgehead atoms. The van der Waals surface area contributed by atoms with Gasteiger partial charge in [0.25, 0.3) is 0 Å². The predicted octanol–water partition coefficient (Wildman–Crippen LogP) is -19.2. The first-order valence-corrected chi connectivity index (χ1v) is 34.5. The van der Waals surface area contributed by atoms with Crippen molar-refractivity contribution in [2.75, 3.05) is 52.9 Å². The van der Waals surface area contributed by atoms with E-state index in [0.717, 1.165) is 20.8 Å². The number of aliphatic hydroxyl groups is 25. The molecule has 9 fully saturated rings. The maximum absolute atomic E-state index is 13.4. The molecule has 0 saturated carbocycles. The first-order chi connectivity index (χ1) is 51.0. The average molecular weight is 1580 g/mol. The summed E-state index contributed by atoms with van der Waals surface area (Å²) in [6, 6.07) is -5.60. The molecule has 28 N–H and O–H groups in total. The molecule has 9 aliphatic rings. The van der Waals surface area contributed by atoms with Crippen molar-refractivity contribution >= 4 is 17.7 Å². The van der Waals surface area contributed by atoms with Crippen molar-refractivity contribution < 1.29 is 223 Å². The zero-order valence-electron chi connectivity index (χ0n) is 58.0. The molecule has 45 atom stereocenters. The zero-order chi connectivity index (χ0) is 79.5. The summed E-state index contributed by atoms with van der Waals surface area (Å²) in [4.78, 5) is 38.4. The van der Waals surface area contributed by atoms with Crippen LogP contribution in [0.2, 0.25) is 0 Å². The standard InChI is InChI=1S/C60H101N3O45/c1-13-28(72)38(82)42(86)55(95-13)94-12-24-47(37(81)25(52(91)96-24)61-14(2)69)104-54-27(63-16(4)71)48(33(77)21(9-68)98-54)105-59-46(90)50(107-60-51(41(85)32(76)20(8-67)101-60)108-53-26(62-15(3)70)36(80)29(73)17(5-64)97-53)35(79)23(103-59)11-93-57-45(89)49(106-58-44(88)40(84)31(75)19(7-66)100-58)34(78)22(102-57)10-92-56-43(87)39(83)30(74)18(6-65)99-56/h13,17-60,64-68,72-91H,5-12H2,1-4H3,(H,61,69)(H,62,70)(H,63,71)/t13-,17+,18+,19+,20+,21+,22+,23+,24+,25+,26+,27+,28+,29+,30+,31+,32+,33+,34+,35+,36+,37+,38+,39-,40-,41-,42+,43-,44-,45-,46-,47+,48+,49-,50-,51-,52+,53+,54+,55-,56+,57-,58+,59+,60-/m0/s1. The second-order valence-electron chi connectivity index (χ2n) is 27.5. The van der Waals surface area contributed by atoms with E-state index < -0.39 is 347 Å². The third kappa shape index (κ3) is 19.5. The van der Waals surface area contributed by atoms with Crippen LogP contribution in [0.15, 0.2) is 0 Å². The van der Waals surface area contributed by atoms with Gasteiger partial charge in [-0.15, -0.1) is 0 Å². The van der Waals surface area contributed by atoms with Crippen LogP contribution in [0.3, 0.4) is 0 Å². The number of hydrogen-bond donors (Lipinski definition) is 28. The molecule has 626 valence electrons. The highest BCUT2D eigenvalue weighted by molar-refractivity contribution is 5.74. The Balaban J connectivity index is 1.08. The largest absolute Gasteiger partial charge is 0.394 e. The van der Waals surface area contributed by atoms with E-state index in [1.54, 1.807) is 0 Å². The number of nitrogens with one attached hydrogen (secondary N) is 3. The van der Waals surface area contributed by atoms with E-state index in [4.69, 9.17) is 80.5 Å². The van der Waals surface area contributed by atoms with Crippen molar-refractivity contribution in [3.05, 3.63) is 0 Å². The SMILES string of the molecule is CC(=O)N[C@@H]1[C@@H](O)[C@H](O[C@H]2O[C@H](CO)[C@@H](O)[C@H](O[C@H]3O[C@H](CO[C@H]4O[C@H](CO[C@@H]5O[C@H](CO)[C@@H](O)[C@H](O)[C@@H]5O)[C@@H](O)[C@H](O[C@H]5O[C@H](CO)[C@@H](O)[C@H](O)[C@@H]5O)[C@@H]4O)[C@@H](O)[C@H](O[C@@H]4O[C@H](CO)[C@@H](O)[C@H](O)[C@@H]4O[C@H]4O[C@H](CO)[C@@H](O)[C@H](O)[C@H]4NC(C)=O)[C@@H]3O)[C@H]2NC(C)=O)[C@@H](CO[C@H]2O[C@@H](C)[C@@H](O)[C@@H](O)[C@H]2O)O[C@H]1O. The molecular formula is C60H101N3O45. The van der Waals surface area contributed by atoms with E-state index in [2.05, 4.69) is 16.0 Å². The maximum atomic E-state index is 13.4. The summed E-state index contributed by atoms with van der Waals surface area (Å²) in [6.07, 6.45) is -86.3. The molecule has 0 spiro atoms. The van der Waals surface area contributed by atoms with Crippen LogP contribution in [0.1, 0.15) is 27.7 Å². The lowest BCUT2D eigenvalue weighted by Gasteiger charge is -2.51. The number of aliphatic hydroxyl groups excluding tert-OH is 25. The van der Waals surface area contributed by atoms with Crippen LogP contribution in [0, 0.1) is 0 Å². The average Bonchev–Trinajstić information content (AvgIpc) is 0.765. The molecule has 48 nitrogen and oxygen atoms in total. The van der Waals surface area contributed by atoms with Gasteiger partial charge >= 0.3 is 0 Å². The van der Waals surface area contributed by atoms with Crippen LogP contribution < -0.4 is 16.0 Å². The Bertz CT molecular complexity index is 2820. The third-order valence-electron chi connectivity index (χ3n) is 19.9. The number of rotatable bonds is 27. The normalized spacial score (nSPS) is 50.4. The number of amides is 3. The summed E-state index contributed by atoms with van der Waals surface area (Å²) in [5, 5.41) is 283. The fourth-order valence-corrected chi connectivity index (χ4v) is 13.8. The van der Waals surface area contributed by atoms with Crippen LogP contribution in [-0.4, -0.2) is 474 Å². The molecule has 0 unspecified atom stereocenters. The van der Waals surface area contributed by atoms with Gasteiger partial charge in [-0.3, -0.25) is 14.4 Å². The molecule has 9 saturated heterocycles. The summed E-state index contributed by atoms with van der Waals surface area (Å²) in [7, 11) is 0. The van der Waals surface area contributed by atoms with Gasteiger partial charge < -0.3 is 224 Å². The topological polar surface area (TPSA) is 750 Å². The second-order valence-corrected chi connectivity index (χ2v) is 27.5. The molecular weight excluding hydrogens is 1480 g/mol. The maximum Gasteiger partial charge on any atom is 0.217 e. The van der Waals surface area contributed by atoms with E-state index in [1.807, 2.05) is 0 Å². The van der Waals surface area contributed by atoms with Crippen molar-refractivity contribution in [3.63, 3.8) is 0 Å². The minimum Gasteiger partial charge on any atom is -0.394 e. The minimum absolute atomic E-state index is 0.847. The van der Waals surface area contributed by atoms with E-state index in [1.165, 1.54) is 6.92 Å². The first kappa shape index (κ1) is 88.7. The highest BCUT2D eigenvalue weighted by atomic mass is 16.8. The minimum atomic E-state index is -2.59. The lowest BCUT2D eigenvalue weighted by atomic mass is 9.93. The fourth-order valence-electron chi connectivity index (χ4n) is 13.8. The lowest BCUT2D eigenvalue weighted by Crippen LogP contribution is -2.71. The summed E-state index contributed by atoms with van der Waals surface area (Å²) >= 11 is 0. The Morgan fingerprint density at radius 1 is 0.259 bits per heavy atom. The van der Waals surface area contributed by atoms with E-state index in [-0.39, 0.29) is 0 Å². The number of hydrogen-bond acceptors (Lipinski definition) is 45. The highest BCUT2D eigenvalue weighted by Gasteiger charge is 2.60. The Kier molecular flexibility index (Phi) is 31.6. The Morgan fingerprint density at radius 3 is 1.08 bits per heavy atom. The summed E-state index contributed by atoms with van der Waals surface area (Å²) in [5.41, 5.74) is 0. The summed E-state index contributed by atoms with van der Waals surface area (Å²) in [5.74, 6) is -2.73. The first-order valence-electron chi connectivity index (χ1n) is 34.5. The fraction of sp³-hybridized carbons (Fsp3) is 0.950. The Hall–Kier alpha value is -3.27. The zero-order valence-corrected chi connectivity index (χ0v) is 58.0. The number of carbonyl (C=O) groups excluding carboxylic acids is 3. The predicted molar refractivity (Wildman–Crippen MR) is 330 cm³/mol. The lowest BCUT2D eigenvalue weighted by molar-refractivity contribution is -0.395. The summed E-state index contributed by atoms with van der Waals surface area (Å²) in [6.45, 7) is -4.19. The monoisotopic (exact) mass is 1580 g/mol. The molecule has 0 aromatic carbocycles. The molecule has 48 heteroatoms. The van der Waals surface area contributed by atoms with Gasteiger partial charge in [0.2, 0.25) is 17.7 Å². The molecule has 9 aliphatic heterocycles. The third-order valence-corrected chi connectivity index (χ3v) is 19.9. The Labute approximate surface area is 611 Å². The van der Waals surface area contributed by atoms with Gasteiger partial charge in [-0.1, -0.05) is 0 Å². The van der Waals surface area contributed by atoms with Gasteiger partial charge in [0.05, 0.1) is 59.0 Å². The molecule has 3 amide bonds. The van der Waals surface area contributed by atoms with Crippen molar-refractivity contribution in [2.45, 2.75) is 304 Å². The molecule has 0 aromatic heterocycles. The van der Waals surface area contributed by atoms with Gasteiger partial charge in [-0.05, 0) is 6.92 Å². The molecule has 9 rings (SSSR count). The Morgan fingerprint density at radius 2 is 0.574 bits per heavy atom. The molecule has 108 heavy (non-hydrogen) atoms. The van der Waals surface area contributed by atoms with Gasteiger partial charge in [0, 0.05) is 20.8 Å². The van der Waals surface area contributed by atoms with Crippen LogP contribution >= 0.6 is 0 Å². The molecule has 0 aromatic rings. The van der Waals surface area contributed by atoms with Gasteiger partial charge in [0.1, 0.15) is 213 Å². The van der Waals surface area contributed by atoms with Crippen LogP contribution in [0.5, 0.6) is 0 Å². The molecule has 0 aliphatic carbocycles. The number of ether oxygens (including phenoxy) is 17. The van der Waals surface area contributed by atoms with Crippen molar-refractivity contribution in [2.24, 2.45) is 0 Å². The second kappa shape index (κ2) is 38.5. The molecule has 9 heterocycles. The van der Waals surface area contributed by atoms with E-state index >= 15 is 0 Å². The smallest absolute Gasteiger partial charge is 0.217 e. The van der Waals surface area contributed by atoms with Gasteiger partial charge in [-0.2, -0.15) is 0 Å². The van der Waals surface area contributed by atoms with Crippen LogP contribution in [-0.2, 0) is 94.9 Å². The highest BCUT2D eigenvalue weighted by Crippen LogP contribution is 2.39. The van der Waals surface area contributed by atoms with Crippen LogP contribution in [0.25, 0.3) is 0 Å². The van der Waals surface area contributed by atoms with Crippen molar-refractivity contribution in [3.8, 4) is 0 Å². The van der Waals surface area contributed by atoms with Crippen molar-refractivity contribution in [1.82, 2.24) is 16.0 Å². The van der Waals surface area contributed by atoms with Gasteiger partial charge in [0.15, 0.2) is 56.6 Å². The van der Waals surface area contributed by atoms with E-state index in [0.29, 0.717) is 0 Å². The number of carbonyl (C=O) groups is 3. The van der Waals surface area contributed by atoms with Gasteiger partial charge in [-0.25, -0.2) is 0 Å². The summed E-state index contributed by atoms with van der Waals surface area (Å²) < 4.78 is 100.0.